The number of carbonyl (C=O) groups is 1. The van der Waals surface area contributed by atoms with Gasteiger partial charge in [-0.3, -0.25) is 14.2 Å². The number of hydrogen-bond donors (Lipinski definition) is 0. The maximum atomic E-state index is 12.3. The predicted molar refractivity (Wildman–Crippen MR) is 76.6 cm³/mol. The van der Waals surface area contributed by atoms with Crippen LogP contribution in [0.5, 0.6) is 0 Å². The van der Waals surface area contributed by atoms with Crippen LogP contribution >= 0.6 is 0 Å². The molecule has 5 heteroatoms. The molecule has 0 spiro atoms. The van der Waals surface area contributed by atoms with Crippen LogP contribution in [0.15, 0.2) is 35.7 Å². The minimum atomic E-state index is 0.112. The van der Waals surface area contributed by atoms with Crippen molar-refractivity contribution in [2.75, 3.05) is 0 Å². The van der Waals surface area contributed by atoms with Crippen molar-refractivity contribution in [2.45, 2.75) is 12.8 Å². The molecule has 0 unspecified atom stereocenters. The number of ketones is 1. The van der Waals surface area contributed by atoms with E-state index >= 15 is 0 Å². The van der Waals surface area contributed by atoms with E-state index in [9.17, 15) is 4.79 Å². The lowest BCUT2D eigenvalue weighted by Crippen LogP contribution is -1.96. The molecular formula is C15H16N4O. The molecule has 2 aromatic heterocycles. The quantitative estimate of drug-likeness (QED) is 0.783. The number of allylic oxidation sites excluding steroid dienone is 2. The van der Waals surface area contributed by atoms with Gasteiger partial charge in [-0.25, -0.2) is 0 Å². The topological polar surface area (TPSA) is 52.7 Å². The van der Waals surface area contributed by atoms with E-state index in [0.717, 1.165) is 35.4 Å². The van der Waals surface area contributed by atoms with Crippen LogP contribution < -0.4 is 0 Å². The van der Waals surface area contributed by atoms with Crippen molar-refractivity contribution in [1.82, 2.24) is 19.6 Å². The SMILES string of the molecule is Cn1ccc(/C=C2/CC/C(=C\c3ccn(C)n3)C2=O)n1. The first kappa shape index (κ1) is 12.6. The van der Waals surface area contributed by atoms with Gasteiger partial charge in [0.15, 0.2) is 5.78 Å². The van der Waals surface area contributed by atoms with Crippen LogP contribution in [0.25, 0.3) is 12.2 Å². The molecule has 0 aromatic carbocycles. The second kappa shape index (κ2) is 4.92. The van der Waals surface area contributed by atoms with Gasteiger partial charge in [0.2, 0.25) is 0 Å². The van der Waals surface area contributed by atoms with Crippen molar-refractivity contribution < 1.29 is 4.79 Å². The molecule has 20 heavy (non-hydrogen) atoms. The van der Waals surface area contributed by atoms with E-state index < -0.39 is 0 Å². The molecule has 2 heterocycles. The van der Waals surface area contributed by atoms with E-state index in [-0.39, 0.29) is 5.78 Å². The molecule has 3 rings (SSSR count). The number of Topliss-reactive ketones (excluding diaryl/α,β-unsaturated/α-hetero) is 1. The van der Waals surface area contributed by atoms with Crippen LogP contribution in [0.2, 0.25) is 0 Å². The van der Waals surface area contributed by atoms with Crippen molar-refractivity contribution in [3.05, 3.63) is 47.1 Å². The first-order chi connectivity index (χ1) is 9.61. The summed E-state index contributed by atoms with van der Waals surface area (Å²) < 4.78 is 3.47. The predicted octanol–water partition coefficient (Wildman–Crippen LogP) is 1.98. The fourth-order valence-electron chi connectivity index (χ4n) is 2.36. The normalized spacial score (nSPS) is 19.4. The Bertz CT molecular complexity index is 658. The van der Waals surface area contributed by atoms with Crippen molar-refractivity contribution in [3.63, 3.8) is 0 Å². The van der Waals surface area contributed by atoms with Gasteiger partial charge in [0, 0.05) is 37.6 Å². The average molecular weight is 268 g/mol. The third kappa shape index (κ3) is 2.47. The van der Waals surface area contributed by atoms with Crippen molar-refractivity contribution >= 4 is 17.9 Å². The Labute approximate surface area is 117 Å². The lowest BCUT2D eigenvalue weighted by molar-refractivity contribution is -0.111. The smallest absolute Gasteiger partial charge is 0.185 e. The van der Waals surface area contributed by atoms with Crippen LogP contribution in [0, 0.1) is 0 Å². The van der Waals surface area contributed by atoms with Gasteiger partial charge in [-0.1, -0.05) is 0 Å². The van der Waals surface area contributed by atoms with E-state index in [1.807, 2.05) is 50.8 Å². The number of aromatic nitrogens is 4. The maximum absolute atomic E-state index is 12.3. The third-order valence-electron chi connectivity index (χ3n) is 3.36. The number of rotatable bonds is 2. The van der Waals surface area contributed by atoms with E-state index in [1.165, 1.54) is 0 Å². The molecule has 0 atom stereocenters. The van der Waals surface area contributed by atoms with Crippen molar-refractivity contribution in [2.24, 2.45) is 14.1 Å². The van der Waals surface area contributed by atoms with Gasteiger partial charge in [-0.2, -0.15) is 10.2 Å². The average Bonchev–Trinajstić information content (AvgIpc) is 3.08. The Hall–Kier alpha value is -2.43. The van der Waals surface area contributed by atoms with Crippen molar-refractivity contribution in [1.29, 1.82) is 0 Å². The summed E-state index contributed by atoms with van der Waals surface area (Å²) in [6.45, 7) is 0. The van der Waals surface area contributed by atoms with Gasteiger partial charge in [-0.15, -0.1) is 0 Å². The minimum absolute atomic E-state index is 0.112. The molecule has 0 amide bonds. The molecule has 0 N–H and O–H groups in total. The highest BCUT2D eigenvalue weighted by Crippen LogP contribution is 2.28. The minimum Gasteiger partial charge on any atom is -0.289 e. The summed E-state index contributed by atoms with van der Waals surface area (Å²) >= 11 is 0. The Balaban J connectivity index is 1.84. The van der Waals surface area contributed by atoms with Crippen molar-refractivity contribution in [3.8, 4) is 0 Å². The van der Waals surface area contributed by atoms with Crippen LogP contribution in [0.1, 0.15) is 24.2 Å². The zero-order valence-corrected chi connectivity index (χ0v) is 11.6. The Kier molecular flexibility index (Phi) is 3.10. The molecule has 0 saturated heterocycles. The molecule has 1 fully saturated rings. The Morgan fingerprint density at radius 1 is 0.950 bits per heavy atom. The molecule has 0 aliphatic heterocycles. The molecule has 2 aromatic rings. The lowest BCUT2D eigenvalue weighted by Gasteiger charge is -1.94. The van der Waals surface area contributed by atoms with Crippen LogP contribution in [0.3, 0.4) is 0 Å². The summed E-state index contributed by atoms with van der Waals surface area (Å²) in [6, 6.07) is 3.81. The van der Waals surface area contributed by atoms with Gasteiger partial charge in [-0.05, 0) is 37.1 Å². The molecule has 0 radical (unpaired) electrons. The Morgan fingerprint density at radius 3 is 1.75 bits per heavy atom. The first-order valence-corrected chi connectivity index (χ1v) is 6.57. The highest BCUT2D eigenvalue weighted by atomic mass is 16.1. The highest BCUT2D eigenvalue weighted by molar-refractivity contribution is 6.15. The number of carbonyl (C=O) groups excluding carboxylic acids is 1. The molecule has 0 bridgehead atoms. The second-order valence-corrected chi connectivity index (χ2v) is 5.00. The second-order valence-electron chi connectivity index (χ2n) is 5.00. The summed E-state index contributed by atoms with van der Waals surface area (Å²) in [5, 5.41) is 8.55. The first-order valence-electron chi connectivity index (χ1n) is 6.57. The molecule has 5 nitrogen and oxygen atoms in total. The van der Waals surface area contributed by atoms with E-state index in [2.05, 4.69) is 10.2 Å². The van der Waals surface area contributed by atoms with E-state index in [0.29, 0.717) is 0 Å². The fourth-order valence-corrected chi connectivity index (χ4v) is 2.36. The summed E-state index contributed by atoms with van der Waals surface area (Å²) in [4.78, 5) is 12.3. The van der Waals surface area contributed by atoms with Crippen LogP contribution in [0.4, 0.5) is 0 Å². The molecule has 102 valence electrons. The van der Waals surface area contributed by atoms with Gasteiger partial charge in [0.1, 0.15) is 0 Å². The third-order valence-corrected chi connectivity index (χ3v) is 3.36. The van der Waals surface area contributed by atoms with E-state index in [4.69, 9.17) is 0 Å². The standard InChI is InChI=1S/C15H16N4O/c1-18-7-5-13(16-18)9-11-3-4-12(15(11)20)10-14-6-8-19(2)17-14/h5-10H,3-4H2,1-2H3/b11-9-,12-10+. The number of hydrogen-bond acceptors (Lipinski definition) is 3. The van der Waals surface area contributed by atoms with Crippen LogP contribution in [-0.2, 0) is 18.9 Å². The number of aryl methyl sites for hydroxylation is 2. The molecular weight excluding hydrogens is 252 g/mol. The largest absolute Gasteiger partial charge is 0.289 e. The maximum Gasteiger partial charge on any atom is 0.185 e. The summed E-state index contributed by atoms with van der Waals surface area (Å²) in [7, 11) is 3.73. The molecule has 1 aliphatic rings. The molecule has 1 aliphatic carbocycles. The fraction of sp³-hybridized carbons (Fsp3) is 0.267. The van der Waals surface area contributed by atoms with Gasteiger partial charge < -0.3 is 0 Å². The summed E-state index contributed by atoms with van der Waals surface area (Å²) in [5.74, 6) is 0.112. The summed E-state index contributed by atoms with van der Waals surface area (Å²) in [6.07, 6.45) is 9.04. The lowest BCUT2D eigenvalue weighted by atomic mass is 10.1. The van der Waals surface area contributed by atoms with Crippen LogP contribution in [-0.4, -0.2) is 25.3 Å². The zero-order valence-electron chi connectivity index (χ0n) is 11.6. The van der Waals surface area contributed by atoms with Gasteiger partial charge >= 0.3 is 0 Å². The summed E-state index contributed by atoms with van der Waals surface area (Å²) in [5.41, 5.74) is 3.31. The van der Waals surface area contributed by atoms with Gasteiger partial charge in [0.05, 0.1) is 11.4 Å². The zero-order chi connectivity index (χ0) is 14.1. The monoisotopic (exact) mass is 268 g/mol. The number of nitrogens with zero attached hydrogens (tertiary/aromatic N) is 4. The van der Waals surface area contributed by atoms with E-state index in [1.54, 1.807) is 9.36 Å². The highest BCUT2D eigenvalue weighted by Gasteiger charge is 2.23. The molecule has 1 saturated carbocycles. The Morgan fingerprint density at radius 2 is 1.40 bits per heavy atom. The van der Waals surface area contributed by atoms with Gasteiger partial charge in [0.25, 0.3) is 0 Å².